The molecule has 1 fully saturated rings. The molecule has 3 heterocycles. The summed E-state index contributed by atoms with van der Waals surface area (Å²) in [7, 11) is 0. The van der Waals surface area contributed by atoms with E-state index in [1.54, 1.807) is 0 Å². The average molecular weight is 344 g/mol. The second-order valence-corrected chi connectivity index (χ2v) is 6.78. The monoisotopic (exact) mass is 344 g/mol. The van der Waals surface area contributed by atoms with Crippen molar-refractivity contribution in [2.45, 2.75) is 44.1 Å². The van der Waals surface area contributed by atoms with E-state index in [1.807, 2.05) is 18.2 Å². The number of benzene rings is 1. The number of nitrogens with zero attached hydrogens (tertiary/aromatic N) is 2. The molecular formula is C20H19F3N2. The molecule has 0 saturated carbocycles. The van der Waals surface area contributed by atoms with Crippen LogP contribution in [0.25, 0.3) is 5.57 Å². The standard InChI is InChI=1S/C20H19F3N2/c21-20(22,23)16-8-9-24-19(12-16)15-10-17-6-7-18(11-15)25(17)13-14-4-2-1-3-5-14/h1-5,8-10,12,17-18H,6-7,11,13H2. The van der Waals surface area contributed by atoms with Gasteiger partial charge >= 0.3 is 6.18 Å². The molecule has 1 aromatic heterocycles. The number of alkyl halides is 3. The number of fused-ring (bicyclic) bond motifs is 2. The highest BCUT2D eigenvalue weighted by Crippen LogP contribution is 2.39. The topological polar surface area (TPSA) is 16.1 Å². The van der Waals surface area contributed by atoms with Crippen molar-refractivity contribution in [1.82, 2.24) is 9.88 Å². The molecule has 0 N–H and O–H groups in total. The zero-order chi connectivity index (χ0) is 17.4. The van der Waals surface area contributed by atoms with E-state index >= 15 is 0 Å². The van der Waals surface area contributed by atoms with Gasteiger partial charge in [-0.25, -0.2) is 0 Å². The Hall–Kier alpha value is -2.14. The van der Waals surface area contributed by atoms with Crippen LogP contribution in [-0.2, 0) is 12.7 Å². The molecular weight excluding hydrogens is 325 g/mol. The SMILES string of the molecule is FC(F)(F)c1ccnc(C2=CC3CCC(C2)N3Cc2ccccc2)c1. The molecule has 1 saturated heterocycles. The van der Waals surface area contributed by atoms with Gasteiger partial charge in [0.15, 0.2) is 0 Å². The molecule has 4 rings (SSSR count). The summed E-state index contributed by atoms with van der Waals surface area (Å²) in [6.07, 6.45) is 1.95. The number of hydrogen-bond donors (Lipinski definition) is 0. The molecule has 5 heteroatoms. The summed E-state index contributed by atoms with van der Waals surface area (Å²) in [5.41, 5.74) is 2.06. The normalized spacial score (nSPS) is 23.6. The van der Waals surface area contributed by atoms with E-state index in [0.717, 1.165) is 37.4 Å². The summed E-state index contributed by atoms with van der Waals surface area (Å²) in [4.78, 5) is 6.66. The Morgan fingerprint density at radius 2 is 1.88 bits per heavy atom. The first-order chi connectivity index (χ1) is 12.0. The summed E-state index contributed by atoms with van der Waals surface area (Å²) in [5.74, 6) is 0. The molecule has 2 unspecified atom stereocenters. The summed E-state index contributed by atoms with van der Waals surface area (Å²) in [5, 5.41) is 0. The Bertz CT molecular complexity index is 783. The number of pyridine rings is 1. The van der Waals surface area contributed by atoms with Crippen molar-refractivity contribution in [3.63, 3.8) is 0 Å². The lowest BCUT2D eigenvalue weighted by atomic mass is 9.96. The molecule has 0 radical (unpaired) electrons. The smallest absolute Gasteiger partial charge is 0.289 e. The van der Waals surface area contributed by atoms with Crippen molar-refractivity contribution < 1.29 is 13.2 Å². The molecule has 2 aliphatic rings. The van der Waals surface area contributed by atoms with E-state index in [0.29, 0.717) is 11.7 Å². The van der Waals surface area contributed by atoms with Gasteiger partial charge in [0, 0.05) is 24.8 Å². The summed E-state index contributed by atoms with van der Waals surface area (Å²) in [6.45, 7) is 0.885. The molecule has 2 bridgehead atoms. The Morgan fingerprint density at radius 1 is 1.08 bits per heavy atom. The first-order valence-electron chi connectivity index (χ1n) is 8.55. The van der Waals surface area contributed by atoms with E-state index in [-0.39, 0.29) is 6.04 Å². The van der Waals surface area contributed by atoms with Gasteiger partial charge in [-0.1, -0.05) is 36.4 Å². The van der Waals surface area contributed by atoms with Gasteiger partial charge in [0.25, 0.3) is 0 Å². The second kappa shape index (κ2) is 6.30. The van der Waals surface area contributed by atoms with Gasteiger partial charge in [-0.3, -0.25) is 9.88 Å². The fraction of sp³-hybridized carbons (Fsp3) is 0.350. The van der Waals surface area contributed by atoms with Crippen molar-refractivity contribution in [2.75, 3.05) is 0 Å². The molecule has 0 spiro atoms. The number of aromatic nitrogens is 1. The van der Waals surface area contributed by atoms with Gasteiger partial charge in [0.05, 0.1) is 11.3 Å². The zero-order valence-corrected chi connectivity index (χ0v) is 13.7. The Balaban J connectivity index is 1.58. The number of rotatable bonds is 3. The van der Waals surface area contributed by atoms with E-state index in [2.05, 4.69) is 28.1 Å². The second-order valence-electron chi connectivity index (χ2n) is 6.78. The Morgan fingerprint density at radius 3 is 2.60 bits per heavy atom. The predicted octanol–water partition coefficient (Wildman–Crippen LogP) is 4.92. The van der Waals surface area contributed by atoms with Gasteiger partial charge < -0.3 is 0 Å². The molecule has 0 amide bonds. The average Bonchev–Trinajstić information content (AvgIpc) is 2.83. The molecule has 2 atom stereocenters. The lowest BCUT2D eigenvalue weighted by molar-refractivity contribution is -0.137. The molecule has 1 aromatic carbocycles. The van der Waals surface area contributed by atoms with Crippen LogP contribution in [0.2, 0.25) is 0 Å². The maximum atomic E-state index is 12.9. The molecule has 2 aliphatic heterocycles. The van der Waals surface area contributed by atoms with Crippen LogP contribution in [0.1, 0.15) is 36.1 Å². The quantitative estimate of drug-likeness (QED) is 0.786. The third-order valence-electron chi connectivity index (χ3n) is 5.16. The molecule has 2 nitrogen and oxygen atoms in total. The van der Waals surface area contributed by atoms with Crippen LogP contribution in [0.5, 0.6) is 0 Å². The highest BCUT2D eigenvalue weighted by atomic mass is 19.4. The van der Waals surface area contributed by atoms with Gasteiger partial charge in [-0.2, -0.15) is 13.2 Å². The first-order valence-corrected chi connectivity index (χ1v) is 8.55. The zero-order valence-electron chi connectivity index (χ0n) is 13.7. The van der Waals surface area contributed by atoms with Crippen LogP contribution in [0.3, 0.4) is 0 Å². The molecule has 2 aromatic rings. The lowest BCUT2D eigenvalue weighted by Crippen LogP contribution is -2.37. The lowest BCUT2D eigenvalue weighted by Gasteiger charge is -2.34. The fourth-order valence-corrected chi connectivity index (χ4v) is 3.93. The van der Waals surface area contributed by atoms with Gasteiger partial charge in [-0.05, 0) is 42.5 Å². The maximum Gasteiger partial charge on any atom is 0.416 e. The number of hydrogen-bond acceptors (Lipinski definition) is 2. The molecule has 130 valence electrons. The van der Waals surface area contributed by atoms with Crippen molar-refractivity contribution >= 4 is 5.57 Å². The van der Waals surface area contributed by atoms with Crippen LogP contribution in [0.15, 0.2) is 54.7 Å². The maximum absolute atomic E-state index is 12.9. The minimum Gasteiger partial charge on any atom is -0.289 e. The largest absolute Gasteiger partial charge is 0.416 e. The minimum absolute atomic E-state index is 0.283. The highest BCUT2D eigenvalue weighted by molar-refractivity contribution is 5.66. The van der Waals surface area contributed by atoms with Crippen LogP contribution in [0.4, 0.5) is 13.2 Å². The predicted molar refractivity (Wildman–Crippen MR) is 90.6 cm³/mol. The number of halogens is 3. The third-order valence-corrected chi connectivity index (χ3v) is 5.16. The summed E-state index contributed by atoms with van der Waals surface area (Å²) < 4.78 is 38.8. The first kappa shape index (κ1) is 16.3. The Kier molecular flexibility index (Phi) is 4.12. The van der Waals surface area contributed by atoms with Gasteiger partial charge in [0.1, 0.15) is 0 Å². The van der Waals surface area contributed by atoms with E-state index in [1.165, 1.54) is 17.8 Å². The Labute approximate surface area is 145 Å². The van der Waals surface area contributed by atoms with Gasteiger partial charge in [0.2, 0.25) is 0 Å². The van der Waals surface area contributed by atoms with Crippen molar-refractivity contribution in [2.24, 2.45) is 0 Å². The highest BCUT2D eigenvalue weighted by Gasteiger charge is 2.37. The summed E-state index contributed by atoms with van der Waals surface area (Å²) >= 11 is 0. The van der Waals surface area contributed by atoms with Crippen LogP contribution in [-0.4, -0.2) is 22.0 Å². The minimum atomic E-state index is -4.33. The van der Waals surface area contributed by atoms with E-state index in [9.17, 15) is 13.2 Å². The third kappa shape index (κ3) is 3.33. The van der Waals surface area contributed by atoms with Crippen molar-refractivity contribution in [3.8, 4) is 0 Å². The van der Waals surface area contributed by atoms with E-state index < -0.39 is 11.7 Å². The molecule has 0 aliphatic carbocycles. The van der Waals surface area contributed by atoms with Crippen molar-refractivity contribution in [1.29, 1.82) is 0 Å². The van der Waals surface area contributed by atoms with Crippen LogP contribution < -0.4 is 0 Å². The van der Waals surface area contributed by atoms with Crippen LogP contribution >= 0.6 is 0 Å². The fourth-order valence-electron chi connectivity index (χ4n) is 3.93. The van der Waals surface area contributed by atoms with Crippen molar-refractivity contribution in [3.05, 3.63) is 71.6 Å². The van der Waals surface area contributed by atoms with E-state index in [4.69, 9.17) is 0 Å². The summed E-state index contributed by atoms with van der Waals surface area (Å²) in [6, 6.07) is 13.2. The molecule has 25 heavy (non-hydrogen) atoms. The van der Waals surface area contributed by atoms with Crippen LogP contribution in [0, 0.1) is 0 Å². The van der Waals surface area contributed by atoms with Gasteiger partial charge in [-0.15, -0.1) is 0 Å².